The lowest BCUT2D eigenvalue weighted by Crippen LogP contribution is -2.22. The van der Waals surface area contributed by atoms with Crippen LogP contribution in [0.15, 0.2) is 0 Å². The predicted octanol–water partition coefficient (Wildman–Crippen LogP) is 1.76. The maximum absolute atomic E-state index is 11.3. The highest BCUT2D eigenvalue weighted by atomic mass is 16.3. The summed E-state index contributed by atoms with van der Waals surface area (Å²) in [7, 11) is 0. The van der Waals surface area contributed by atoms with Gasteiger partial charge in [0.25, 0.3) is 0 Å². The topological polar surface area (TPSA) is 37.3 Å². The van der Waals surface area contributed by atoms with Gasteiger partial charge in [-0.3, -0.25) is 4.79 Å². The van der Waals surface area contributed by atoms with Crippen LogP contribution in [-0.2, 0) is 4.79 Å². The Balaban J connectivity index is 1.86. The zero-order valence-corrected chi connectivity index (χ0v) is 8.20. The fourth-order valence-electron chi connectivity index (χ4n) is 3.06. The second kappa shape index (κ2) is 3.41. The van der Waals surface area contributed by atoms with Gasteiger partial charge in [0, 0.05) is 6.42 Å². The van der Waals surface area contributed by atoms with Gasteiger partial charge in [0.1, 0.15) is 6.10 Å². The van der Waals surface area contributed by atoms with Crippen molar-refractivity contribution in [1.29, 1.82) is 0 Å². The molecule has 2 nitrogen and oxygen atoms in total. The molecule has 0 amide bonds. The summed E-state index contributed by atoms with van der Waals surface area (Å²) < 4.78 is 0. The van der Waals surface area contributed by atoms with Crippen molar-refractivity contribution in [2.45, 2.75) is 45.1 Å². The summed E-state index contributed by atoms with van der Waals surface area (Å²) in [6, 6.07) is 0. The van der Waals surface area contributed by atoms with Crippen molar-refractivity contribution >= 4 is 5.78 Å². The van der Waals surface area contributed by atoms with Crippen LogP contribution in [0.1, 0.15) is 39.0 Å². The van der Waals surface area contributed by atoms with E-state index < -0.39 is 6.10 Å². The molecule has 2 heteroatoms. The summed E-state index contributed by atoms with van der Waals surface area (Å²) in [5.74, 6) is 2.34. The normalized spacial score (nSPS) is 39.4. The van der Waals surface area contributed by atoms with Gasteiger partial charge < -0.3 is 5.11 Å². The van der Waals surface area contributed by atoms with E-state index in [-0.39, 0.29) is 5.78 Å². The van der Waals surface area contributed by atoms with Crippen molar-refractivity contribution in [3.63, 3.8) is 0 Å². The third kappa shape index (κ3) is 1.78. The molecule has 13 heavy (non-hydrogen) atoms. The van der Waals surface area contributed by atoms with Crippen LogP contribution in [0.5, 0.6) is 0 Å². The number of Topliss-reactive ketones (excluding diaryl/α,β-unsaturated/α-hetero) is 1. The molecule has 0 aromatic heterocycles. The van der Waals surface area contributed by atoms with E-state index in [2.05, 4.69) is 0 Å². The number of fused-ring (bicyclic) bond motifs is 2. The molecule has 4 atom stereocenters. The zero-order chi connectivity index (χ0) is 9.42. The van der Waals surface area contributed by atoms with E-state index in [1.54, 1.807) is 6.92 Å². The molecule has 4 unspecified atom stereocenters. The SMILES string of the molecule is CC(O)C(=O)CC1CC2CCC1C2. The lowest BCUT2D eigenvalue weighted by molar-refractivity contribution is -0.127. The number of hydrogen-bond donors (Lipinski definition) is 1. The van der Waals surface area contributed by atoms with Gasteiger partial charge >= 0.3 is 0 Å². The van der Waals surface area contributed by atoms with E-state index >= 15 is 0 Å². The summed E-state index contributed by atoms with van der Waals surface area (Å²) in [5, 5.41) is 9.10. The molecule has 0 aromatic carbocycles. The Labute approximate surface area is 79.3 Å². The zero-order valence-electron chi connectivity index (χ0n) is 8.20. The summed E-state index contributed by atoms with van der Waals surface area (Å²) >= 11 is 0. The number of carbonyl (C=O) groups is 1. The van der Waals surface area contributed by atoms with Crippen LogP contribution in [0.2, 0.25) is 0 Å². The molecule has 0 radical (unpaired) electrons. The van der Waals surface area contributed by atoms with Crippen molar-refractivity contribution in [2.75, 3.05) is 0 Å². The van der Waals surface area contributed by atoms with Gasteiger partial charge in [-0.2, -0.15) is 0 Å². The molecular weight excluding hydrogens is 164 g/mol. The first kappa shape index (κ1) is 9.20. The number of carbonyl (C=O) groups excluding carboxylic acids is 1. The summed E-state index contributed by atoms with van der Waals surface area (Å²) in [5.41, 5.74) is 0. The highest BCUT2D eigenvalue weighted by molar-refractivity contribution is 5.82. The third-order valence-corrected chi connectivity index (χ3v) is 3.81. The maximum Gasteiger partial charge on any atom is 0.161 e. The van der Waals surface area contributed by atoms with E-state index in [0.29, 0.717) is 12.3 Å². The van der Waals surface area contributed by atoms with Gasteiger partial charge in [-0.1, -0.05) is 6.42 Å². The molecule has 0 heterocycles. The summed E-state index contributed by atoms with van der Waals surface area (Å²) in [6.07, 6.45) is 5.16. The van der Waals surface area contributed by atoms with Crippen LogP contribution in [0.25, 0.3) is 0 Å². The average Bonchev–Trinajstić information content (AvgIpc) is 2.64. The molecule has 0 saturated heterocycles. The Bertz CT molecular complexity index is 210. The Hall–Kier alpha value is -0.370. The Kier molecular flexibility index (Phi) is 2.41. The largest absolute Gasteiger partial charge is 0.386 e. The predicted molar refractivity (Wildman–Crippen MR) is 50.2 cm³/mol. The van der Waals surface area contributed by atoms with E-state index in [1.165, 1.54) is 25.7 Å². The van der Waals surface area contributed by atoms with Crippen molar-refractivity contribution in [3.8, 4) is 0 Å². The second-order valence-corrected chi connectivity index (χ2v) is 4.78. The first-order valence-corrected chi connectivity index (χ1v) is 5.37. The highest BCUT2D eigenvalue weighted by Gasteiger charge is 2.40. The summed E-state index contributed by atoms with van der Waals surface area (Å²) in [4.78, 5) is 11.3. The first-order chi connectivity index (χ1) is 6.16. The van der Waals surface area contributed by atoms with Crippen molar-refractivity contribution in [3.05, 3.63) is 0 Å². The maximum atomic E-state index is 11.3. The molecule has 2 fully saturated rings. The van der Waals surface area contributed by atoms with Gasteiger partial charge in [0.2, 0.25) is 0 Å². The minimum absolute atomic E-state index is 0.0394. The number of hydrogen-bond acceptors (Lipinski definition) is 2. The van der Waals surface area contributed by atoms with E-state index in [9.17, 15) is 4.79 Å². The Morgan fingerprint density at radius 2 is 2.23 bits per heavy atom. The molecule has 2 rings (SSSR count). The smallest absolute Gasteiger partial charge is 0.161 e. The summed E-state index contributed by atoms with van der Waals surface area (Å²) in [6.45, 7) is 1.58. The number of aliphatic hydroxyl groups excluding tert-OH is 1. The molecule has 74 valence electrons. The quantitative estimate of drug-likeness (QED) is 0.722. The number of rotatable bonds is 3. The fraction of sp³-hybridized carbons (Fsp3) is 0.909. The average molecular weight is 182 g/mol. The van der Waals surface area contributed by atoms with Crippen LogP contribution < -0.4 is 0 Å². The third-order valence-electron chi connectivity index (χ3n) is 3.81. The molecule has 2 bridgehead atoms. The number of aliphatic hydroxyl groups is 1. The Morgan fingerprint density at radius 1 is 1.46 bits per heavy atom. The van der Waals surface area contributed by atoms with Crippen molar-refractivity contribution < 1.29 is 9.90 Å². The minimum atomic E-state index is -0.751. The molecule has 2 aliphatic rings. The highest BCUT2D eigenvalue weighted by Crippen LogP contribution is 2.49. The minimum Gasteiger partial charge on any atom is -0.386 e. The van der Waals surface area contributed by atoms with Gasteiger partial charge in [0.15, 0.2) is 5.78 Å². The van der Waals surface area contributed by atoms with Crippen molar-refractivity contribution in [2.24, 2.45) is 17.8 Å². The molecule has 0 spiro atoms. The standard InChI is InChI=1S/C11H18O2/c1-7(12)11(13)6-10-5-8-2-3-9(10)4-8/h7-10,12H,2-6H2,1H3. The van der Waals surface area contributed by atoms with E-state index in [4.69, 9.17) is 5.11 Å². The lowest BCUT2D eigenvalue weighted by atomic mass is 9.84. The van der Waals surface area contributed by atoms with Crippen LogP contribution in [0.3, 0.4) is 0 Å². The molecule has 0 aromatic rings. The fourth-order valence-corrected chi connectivity index (χ4v) is 3.06. The first-order valence-electron chi connectivity index (χ1n) is 5.37. The molecule has 1 N–H and O–H groups in total. The molecule has 2 aliphatic carbocycles. The van der Waals surface area contributed by atoms with E-state index in [0.717, 1.165) is 11.8 Å². The number of ketones is 1. The van der Waals surface area contributed by atoms with E-state index in [1.807, 2.05) is 0 Å². The lowest BCUT2D eigenvalue weighted by Gasteiger charge is -2.21. The molecule has 2 saturated carbocycles. The van der Waals surface area contributed by atoms with Gasteiger partial charge in [-0.05, 0) is 43.9 Å². The van der Waals surface area contributed by atoms with Gasteiger partial charge in [0.05, 0.1) is 0 Å². The molecular formula is C11H18O2. The van der Waals surface area contributed by atoms with Crippen LogP contribution in [0.4, 0.5) is 0 Å². The Morgan fingerprint density at radius 3 is 2.69 bits per heavy atom. The second-order valence-electron chi connectivity index (χ2n) is 4.78. The monoisotopic (exact) mass is 182 g/mol. The van der Waals surface area contributed by atoms with Crippen LogP contribution in [-0.4, -0.2) is 17.0 Å². The van der Waals surface area contributed by atoms with Gasteiger partial charge in [-0.15, -0.1) is 0 Å². The van der Waals surface area contributed by atoms with Crippen LogP contribution >= 0.6 is 0 Å². The van der Waals surface area contributed by atoms with Crippen LogP contribution in [0, 0.1) is 17.8 Å². The van der Waals surface area contributed by atoms with Crippen molar-refractivity contribution in [1.82, 2.24) is 0 Å². The van der Waals surface area contributed by atoms with Gasteiger partial charge in [-0.25, -0.2) is 0 Å². The molecule has 0 aliphatic heterocycles.